The zero-order chi connectivity index (χ0) is 24.9. The lowest BCUT2D eigenvalue weighted by atomic mass is 9.93. The fraction of sp³-hybridized carbons (Fsp3) is 0.200. The third-order valence-corrected chi connectivity index (χ3v) is 7.10. The van der Waals surface area contributed by atoms with E-state index in [0.29, 0.717) is 11.6 Å². The number of piperidine rings is 1. The van der Waals surface area contributed by atoms with E-state index in [1.807, 2.05) is 6.07 Å². The Hall–Kier alpha value is -3.67. The average molecular weight is 498 g/mol. The van der Waals surface area contributed by atoms with Gasteiger partial charge in [0, 0.05) is 23.7 Å². The van der Waals surface area contributed by atoms with Crippen molar-refractivity contribution in [2.45, 2.75) is 31.8 Å². The van der Waals surface area contributed by atoms with Crippen LogP contribution in [0.4, 0.5) is 0 Å². The van der Waals surface area contributed by atoms with Crippen molar-refractivity contribution >= 4 is 34.5 Å². The van der Waals surface area contributed by atoms with Crippen LogP contribution in [-0.2, 0) is 6.54 Å². The second kappa shape index (κ2) is 10.9. The standard InChI is InChI=1S/C30H28ClN3O2/c31-27-18-22(15-16-29(27)35)30(36)33-32-19-23-13-14-24(26-11-5-4-10-25(23)26)20-34-17-7-6-12-28(34)21-8-2-1-3-9-21/h1-5,8-11,13-16,18-19,28,35H,6-7,12,17,20H2,(H,33,36)/b32-19+. The number of phenolic OH excluding ortho intramolecular Hbond substituents is 1. The molecular formula is C30H28ClN3O2. The molecular weight excluding hydrogens is 470 g/mol. The first kappa shape index (κ1) is 24.0. The van der Waals surface area contributed by atoms with Crippen molar-refractivity contribution in [3.8, 4) is 5.75 Å². The number of fused-ring (bicyclic) bond motifs is 1. The Morgan fingerprint density at radius 3 is 2.58 bits per heavy atom. The van der Waals surface area contributed by atoms with E-state index in [-0.39, 0.29) is 10.8 Å². The summed E-state index contributed by atoms with van der Waals surface area (Å²) in [4.78, 5) is 15.0. The molecule has 1 aliphatic rings. The van der Waals surface area contributed by atoms with Gasteiger partial charge >= 0.3 is 0 Å². The third kappa shape index (κ3) is 5.27. The second-order valence-electron chi connectivity index (χ2n) is 9.12. The highest BCUT2D eigenvalue weighted by atomic mass is 35.5. The number of nitrogens with one attached hydrogen (secondary N) is 1. The Balaban J connectivity index is 1.36. The maximum atomic E-state index is 12.4. The maximum absolute atomic E-state index is 12.4. The molecule has 0 saturated carbocycles. The second-order valence-corrected chi connectivity index (χ2v) is 9.52. The van der Waals surface area contributed by atoms with Crippen molar-refractivity contribution in [2.75, 3.05) is 6.54 Å². The van der Waals surface area contributed by atoms with Crippen molar-refractivity contribution < 1.29 is 9.90 Å². The van der Waals surface area contributed by atoms with Crippen molar-refractivity contribution in [3.63, 3.8) is 0 Å². The van der Waals surface area contributed by atoms with Gasteiger partial charge in [-0.2, -0.15) is 5.10 Å². The van der Waals surface area contributed by atoms with Crippen LogP contribution in [0.3, 0.4) is 0 Å². The van der Waals surface area contributed by atoms with E-state index in [1.54, 1.807) is 6.21 Å². The molecule has 1 saturated heterocycles. The van der Waals surface area contributed by atoms with Crippen LogP contribution in [-0.4, -0.2) is 28.7 Å². The monoisotopic (exact) mass is 497 g/mol. The summed E-state index contributed by atoms with van der Waals surface area (Å²) in [6, 6.07) is 28.1. The van der Waals surface area contributed by atoms with Crippen LogP contribution in [0.15, 0.2) is 90.0 Å². The topological polar surface area (TPSA) is 64.9 Å². The molecule has 1 atom stereocenters. The van der Waals surface area contributed by atoms with E-state index in [9.17, 15) is 9.90 Å². The summed E-state index contributed by atoms with van der Waals surface area (Å²) < 4.78 is 0. The Morgan fingerprint density at radius 1 is 1.00 bits per heavy atom. The Kier molecular flexibility index (Phi) is 7.31. The first-order valence-corrected chi connectivity index (χ1v) is 12.6. The number of amides is 1. The molecule has 1 unspecified atom stereocenters. The summed E-state index contributed by atoms with van der Waals surface area (Å²) in [6.45, 7) is 1.97. The fourth-order valence-corrected chi connectivity index (χ4v) is 5.14. The zero-order valence-corrected chi connectivity index (χ0v) is 20.7. The summed E-state index contributed by atoms with van der Waals surface area (Å²) in [5, 5.41) is 16.1. The number of likely N-dealkylation sites (tertiary alicyclic amines) is 1. The van der Waals surface area contributed by atoms with Gasteiger partial charge in [0.05, 0.1) is 11.2 Å². The average Bonchev–Trinajstić information content (AvgIpc) is 2.92. The van der Waals surface area contributed by atoms with E-state index in [1.165, 1.54) is 54.0 Å². The van der Waals surface area contributed by atoms with E-state index in [4.69, 9.17) is 11.6 Å². The molecule has 6 heteroatoms. The number of hydrogen-bond donors (Lipinski definition) is 2. The minimum absolute atomic E-state index is 0.0667. The predicted octanol–water partition coefficient (Wildman–Crippen LogP) is 6.69. The minimum Gasteiger partial charge on any atom is -0.506 e. The highest BCUT2D eigenvalue weighted by molar-refractivity contribution is 6.32. The smallest absolute Gasteiger partial charge is 0.271 e. The molecule has 1 aliphatic heterocycles. The van der Waals surface area contributed by atoms with Crippen LogP contribution in [0, 0.1) is 0 Å². The third-order valence-electron chi connectivity index (χ3n) is 6.80. The number of nitrogens with zero attached hydrogens (tertiary/aromatic N) is 2. The lowest BCUT2D eigenvalue weighted by Crippen LogP contribution is -2.33. The van der Waals surface area contributed by atoms with Gasteiger partial charge in [-0.15, -0.1) is 0 Å². The van der Waals surface area contributed by atoms with Gasteiger partial charge in [0.1, 0.15) is 5.75 Å². The molecule has 0 radical (unpaired) electrons. The first-order chi connectivity index (χ1) is 17.6. The molecule has 4 aromatic rings. The number of phenols is 1. The Morgan fingerprint density at radius 2 is 1.78 bits per heavy atom. The molecule has 36 heavy (non-hydrogen) atoms. The molecule has 2 N–H and O–H groups in total. The molecule has 1 fully saturated rings. The SMILES string of the molecule is O=C(N/N=C/c1ccc(CN2CCCCC2c2ccccc2)c2ccccc12)c1ccc(O)c(Cl)c1. The van der Waals surface area contributed by atoms with Crippen LogP contribution >= 0.6 is 11.6 Å². The van der Waals surface area contributed by atoms with Gasteiger partial charge in [-0.05, 0) is 59.5 Å². The highest BCUT2D eigenvalue weighted by Gasteiger charge is 2.24. The van der Waals surface area contributed by atoms with Crippen LogP contribution in [0.1, 0.15) is 52.4 Å². The number of carbonyl (C=O) groups excluding carboxylic acids is 1. The van der Waals surface area contributed by atoms with Gasteiger partial charge in [0.25, 0.3) is 5.91 Å². The summed E-state index contributed by atoms with van der Waals surface area (Å²) in [5.41, 5.74) is 6.47. The summed E-state index contributed by atoms with van der Waals surface area (Å²) in [5.74, 6) is -0.464. The van der Waals surface area contributed by atoms with E-state index in [2.05, 4.69) is 76.1 Å². The first-order valence-electron chi connectivity index (χ1n) is 12.2. The minimum atomic E-state index is -0.397. The number of hydrazone groups is 1. The van der Waals surface area contributed by atoms with Gasteiger partial charge in [-0.25, -0.2) is 5.43 Å². The van der Waals surface area contributed by atoms with Crippen LogP contribution in [0.2, 0.25) is 5.02 Å². The normalized spacial score (nSPS) is 16.4. The molecule has 5 nitrogen and oxygen atoms in total. The van der Waals surface area contributed by atoms with Crippen molar-refractivity contribution in [3.05, 3.63) is 112 Å². The largest absolute Gasteiger partial charge is 0.506 e. The van der Waals surface area contributed by atoms with Gasteiger partial charge in [0.2, 0.25) is 0 Å². The van der Waals surface area contributed by atoms with Crippen LogP contribution < -0.4 is 5.43 Å². The maximum Gasteiger partial charge on any atom is 0.271 e. The molecule has 0 aromatic heterocycles. The molecule has 0 bridgehead atoms. The predicted molar refractivity (Wildman–Crippen MR) is 146 cm³/mol. The molecule has 5 rings (SSSR count). The van der Waals surface area contributed by atoms with Gasteiger partial charge in [0.15, 0.2) is 0 Å². The summed E-state index contributed by atoms with van der Waals surface area (Å²) >= 11 is 5.91. The lowest BCUT2D eigenvalue weighted by Gasteiger charge is -2.36. The van der Waals surface area contributed by atoms with Crippen LogP contribution in [0.5, 0.6) is 5.75 Å². The fourth-order valence-electron chi connectivity index (χ4n) is 4.96. The number of halogens is 1. The molecule has 0 spiro atoms. The number of hydrogen-bond acceptors (Lipinski definition) is 4. The zero-order valence-electron chi connectivity index (χ0n) is 19.9. The van der Waals surface area contributed by atoms with Crippen molar-refractivity contribution in [2.24, 2.45) is 5.10 Å². The summed E-state index contributed by atoms with van der Waals surface area (Å²) in [7, 11) is 0. The summed E-state index contributed by atoms with van der Waals surface area (Å²) in [6.07, 6.45) is 5.32. The lowest BCUT2D eigenvalue weighted by molar-refractivity contribution is 0.0955. The molecule has 182 valence electrons. The molecule has 0 aliphatic carbocycles. The van der Waals surface area contributed by atoms with E-state index < -0.39 is 5.91 Å². The van der Waals surface area contributed by atoms with Crippen molar-refractivity contribution in [1.29, 1.82) is 0 Å². The van der Waals surface area contributed by atoms with E-state index >= 15 is 0 Å². The molecule has 1 amide bonds. The number of benzene rings is 4. The number of carbonyl (C=O) groups is 1. The number of aromatic hydroxyl groups is 1. The van der Waals surface area contributed by atoms with Crippen LogP contribution in [0.25, 0.3) is 10.8 Å². The quantitative estimate of drug-likeness (QED) is 0.230. The van der Waals surface area contributed by atoms with Gasteiger partial charge in [-0.1, -0.05) is 84.8 Å². The molecule has 1 heterocycles. The van der Waals surface area contributed by atoms with Crippen molar-refractivity contribution in [1.82, 2.24) is 10.3 Å². The Bertz CT molecular complexity index is 1400. The van der Waals surface area contributed by atoms with E-state index in [0.717, 1.165) is 24.0 Å². The van der Waals surface area contributed by atoms with Gasteiger partial charge < -0.3 is 5.11 Å². The van der Waals surface area contributed by atoms with Gasteiger partial charge in [-0.3, -0.25) is 9.69 Å². The highest BCUT2D eigenvalue weighted by Crippen LogP contribution is 2.33. The Labute approximate surface area is 216 Å². The molecule has 4 aromatic carbocycles. The number of rotatable bonds is 6.